The molecule has 5 nitrogen and oxygen atoms in total. The van der Waals surface area contributed by atoms with Gasteiger partial charge in [0, 0.05) is 35.2 Å². The molecule has 2 aliphatic rings. The molecule has 1 aromatic rings. The van der Waals surface area contributed by atoms with Gasteiger partial charge in [0.05, 0.1) is 11.7 Å². The molecular formula is C18H19ClFNO4. The number of ether oxygens (including phenoxy) is 2. The molecule has 0 radical (unpaired) electrons. The molecule has 134 valence electrons. The van der Waals surface area contributed by atoms with Gasteiger partial charge in [-0.3, -0.25) is 4.79 Å². The molecule has 25 heavy (non-hydrogen) atoms. The normalized spacial score (nSPS) is 23.6. The third kappa shape index (κ3) is 3.85. The second kappa shape index (κ2) is 7.54. The van der Waals surface area contributed by atoms with Crippen molar-refractivity contribution in [2.24, 2.45) is 0 Å². The predicted molar refractivity (Wildman–Crippen MR) is 89.5 cm³/mol. The van der Waals surface area contributed by atoms with E-state index in [9.17, 15) is 14.0 Å². The fraction of sp³-hybridized carbons (Fsp3) is 0.444. The lowest BCUT2D eigenvalue weighted by atomic mass is 9.84. The summed E-state index contributed by atoms with van der Waals surface area (Å²) < 4.78 is 25.2. The summed E-state index contributed by atoms with van der Waals surface area (Å²) in [4.78, 5) is 24.6. The summed E-state index contributed by atoms with van der Waals surface area (Å²) in [5.74, 6) is -2.21. The maximum atomic E-state index is 14.3. The Hall–Kier alpha value is -1.92. The Bertz CT molecular complexity index is 708. The molecular weight excluding hydrogens is 349 g/mol. The Balaban J connectivity index is 1.88. The van der Waals surface area contributed by atoms with Crippen LogP contribution in [0.4, 0.5) is 4.39 Å². The number of hydrogen-bond acceptors (Lipinski definition) is 4. The van der Waals surface area contributed by atoms with Crippen LogP contribution < -0.4 is 5.32 Å². The Morgan fingerprint density at radius 1 is 1.48 bits per heavy atom. The third-order valence-electron chi connectivity index (χ3n) is 4.46. The fourth-order valence-corrected chi connectivity index (χ4v) is 3.58. The summed E-state index contributed by atoms with van der Waals surface area (Å²) in [6.07, 6.45) is 1.60. The van der Waals surface area contributed by atoms with Crippen molar-refractivity contribution in [1.82, 2.24) is 5.32 Å². The van der Waals surface area contributed by atoms with Crippen LogP contribution in [-0.4, -0.2) is 31.2 Å². The number of benzene rings is 1. The van der Waals surface area contributed by atoms with Gasteiger partial charge in [-0.15, -0.1) is 0 Å². The minimum absolute atomic E-state index is 0.0671. The van der Waals surface area contributed by atoms with Gasteiger partial charge < -0.3 is 14.8 Å². The topological polar surface area (TPSA) is 64.6 Å². The molecule has 1 fully saturated rings. The number of rotatable bonds is 4. The van der Waals surface area contributed by atoms with Crippen LogP contribution in [0.5, 0.6) is 0 Å². The van der Waals surface area contributed by atoms with Gasteiger partial charge in [0.2, 0.25) is 5.91 Å². The minimum atomic E-state index is -0.778. The number of carbonyl (C=O) groups excluding carboxylic acids is 2. The van der Waals surface area contributed by atoms with Gasteiger partial charge in [-0.2, -0.15) is 0 Å². The zero-order chi connectivity index (χ0) is 18.0. The molecule has 7 heteroatoms. The number of nitrogens with one attached hydrogen (secondary N) is 1. The predicted octanol–water partition coefficient (Wildman–Crippen LogP) is 3.08. The first-order valence-corrected chi connectivity index (χ1v) is 8.58. The first kappa shape index (κ1) is 17.9. The van der Waals surface area contributed by atoms with Crippen molar-refractivity contribution >= 4 is 23.5 Å². The molecule has 0 aliphatic carbocycles. The van der Waals surface area contributed by atoms with E-state index in [4.69, 9.17) is 21.1 Å². The highest BCUT2D eigenvalue weighted by Crippen LogP contribution is 2.38. The molecule has 0 spiro atoms. The van der Waals surface area contributed by atoms with E-state index in [1.165, 1.54) is 18.2 Å². The van der Waals surface area contributed by atoms with Crippen molar-refractivity contribution in [2.45, 2.75) is 38.2 Å². The summed E-state index contributed by atoms with van der Waals surface area (Å²) in [6, 6.07) is 4.28. The van der Waals surface area contributed by atoms with Crippen LogP contribution in [-0.2, 0) is 19.1 Å². The SMILES string of the molecule is CC1=C(C(=O)OC[C@H]2CCCO2)[C@@H](c2c(F)cccc2Cl)CC(=O)N1. The average Bonchev–Trinajstić information content (AvgIpc) is 3.05. The molecule has 1 amide bonds. The second-order valence-corrected chi connectivity index (χ2v) is 6.62. The summed E-state index contributed by atoms with van der Waals surface area (Å²) >= 11 is 6.14. The number of hydrogen-bond donors (Lipinski definition) is 1. The first-order chi connectivity index (χ1) is 12.0. The van der Waals surface area contributed by atoms with E-state index < -0.39 is 17.7 Å². The molecule has 0 saturated carbocycles. The fourth-order valence-electron chi connectivity index (χ4n) is 3.28. The van der Waals surface area contributed by atoms with E-state index in [1.807, 2.05) is 0 Å². The van der Waals surface area contributed by atoms with Crippen molar-refractivity contribution in [3.8, 4) is 0 Å². The van der Waals surface area contributed by atoms with E-state index in [0.717, 1.165) is 12.8 Å². The molecule has 1 N–H and O–H groups in total. The van der Waals surface area contributed by atoms with Gasteiger partial charge in [-0.1, -0.05) is 17.7 Å². The first-order valence-electron chi connectivity index (χ1n) is 8.20. The van der Waals surface area contributed by atoms with Gasteiger partial charge >= 0.3 is 5.97 Å². The molecule has 1 aromatic carbocycles. The van der Waals surface area contributed by atoms with E-state index >= 15 is 0 Å². The molecule has 2 heterocycles. The lowest BCUT2D eigenvalue weighted by Crippen LogP contribution is -2.35. The Labute approximate surface area is 150 Å². The number of halogens is 2. The van der Waals surface area contributed by atoms with E-state index in [-0.39, 0.29) is 41.2 Å². The van der Waals surface area contributed by atoms with Crippen molar-refractivity contribution in [3.05, 3.63) is 45.9 Å². The Morgan fingerprint density at radius 2 is 2.28 bits per heavy atom. The molecule has 1 saturated heterocycles. The van der Waals surface area contributed by atoms with Crippen LogP contribution in [0, 0.1) is 5.82 Å². The summed E-state index contributed by atoms with van der Waals surface area (Å²) in [6.45, 7) is 2.40. The quantitative estimate of drug-likeness (QED) is 0.831. The van der Waals surface area contributed by atoms with Gasteiger partial charge in [-0.25, -0.2) is 9.18 Å². The van der Waals surface area contributed by atoms with E-state index in [1.54, 1.807) is 6.92 Å². The van der Waals surface area contributed by atoms with Gasteiger partial charge in [0.1, 0.15) is 12.4 Å². The summed E-state index contributed by atoms with van der Waals surface area (Å²) in [5.41, 5.74) is 0.727. The molecule has 0 unspecified atom stereocenters. The highest BCUT2D eigenvalue weighted by atomic mass is 35.5. The van der Waals surface area contributed by atoms with Crippen molar-refractivity contribution in [3.63, 3.8) is 0 Å². The van der Waals surface area contributed by atoms with Crippen LogP contribution in [0.3, 0.4) is 0 Å². The monoisotopic (exact) mass is 367 g/mol. The molecule has 2 aliphatic heterocycles. The lowest BCUT2D eigenvalue weighted by Gasteiger charge is -2.27. The molecule has 3 rings (SSSR count). The molecule has 0 aromatic heterocycles. The lowest BCUT2D eigenvalue weighted by molar-refractivity contribution is -0.142. The van der Waals surface area contributed by atoms with Gasteiger partial charge in [0.15, 0.2) is 0 Å². The van der Waals surface area contributed by atoms with Crippen LogP contribution in [0.15, 0.2) is 29.5 Å². The smallest absolute Gasteiger partial charge is 0.336 e. The standard InChI is InChI=1S/C18H19ClFNO4/c1-10-16(18(23)25-9-11-4-3-7-24-11)12(8-15(22)21-10)17-13(19)5-2-6-14(17)20/h2,5-6,11-12H,3-4,7-9H2,1H3,(H,21,22)/t11-,12+/m1/s1. The highest BCUT2D eigenvalue weighted by Gasteiger charge is 2.35. The van der Waals surface area contributed by atoms with Crippen molar-refractivity contribution in [2.75, 3.05) is 13.2 Å². The van der Waals surface area contributed by atoms with Crippen LogP contribution in [0.2, 0.25) is 5.02 Å². The highest BCUT2D eigenvalue weighted by molar-refractivity contribution is 6.31. The number of esters is 1. The zero-order valence-corrected chi connectivity index (χ0v) is 14.6. The largest absolute Gasteiger partial charge is 0.460 e. The van der Waals surface area contributed by atoms with Crippen LogP contribution >= 0.6 is 11.6 Å². The zero-order valence-electron chi connectivity index (χ0n) is 13.8. The average molecular weight is 368 g/mol. The number of amides is 1. The summed E-state index contributed by atoms with van der Waals surface area (Å²) in [7, 11) is 0. The second-order valence-electron chi connectivity index (χ2n) is 6.21. The van der Waals surface area contributed by atoms with Gasteiger partial charge in [0.25, 0.3) is 0 Å². The van der Waals surface area contributed by atoms with E-state index in [2.05, 4.69) is 5.32 Å². The van der Waals surface area contributed by atoms with Crippen molar-refractivity contribution < 1.29 is 23.5 Å². The maximum Gasteiger partial charge on any atom is 0.336 e. The molecule has 0 bridgehead atoms. The molecule has 2 atom stereocenters. The summed E-state index contributed by atoms with van der Waals surface area (Å²) in [5, 5.41) is 2.80. The maximum absolute atomic E-state index is 14.3. The van der Waals surface area contributed by atoms with Crippen molar-refractivity contribution in [1.29, 1.82) is 0 Å². The third-order valence-corrected chi connectivity index (χ3v) is 4.79. The minimum Gasteiger partial charge on any atom is -0.460 e. The Morgan fingerprint density at radius 3 is 2.96 bits per heavy atom. The van der Waals surface area contributed by atoms with Gasteiger partial charge in [-0.05, 0) is 31.9 Å². The van der Waals surface area contributed by atoms with E-state index in [0.29, 0.717) is 12.3 Å². The van der Waals surface area contributed by atoms with Crippen LogP contribution in [0.1, 0.15) is 37.7 Å². The Kier molecular flexibility index (Phi) is 5.39. The van der Waals surface area contributed by atoms with Crippen LogP contribution in [0.25, 0.3) is 0 Å². The number of carbonyl (C=O) groups is 2. The number of allylic oxidation sites excluding steroid dienone is 1.